The first-order chi connectivity index (χ1) is 13.4. The third-order valence-corrected chi connectivity index (χ3v) is 4.90. The first-order valence-electron chi connectivity index (χ1n) is 8.88. The van der Waals surface area contributed by atoms with Crippen molar-refractivity contribution in [2.24, 2.45) is 5.92 Å². The fraction of sp³-hybridized carbons (Fsp3) is 0.350. The van der Waals surface area contributed by atoms with Crippen LogP contribution in [-0.4, -0.2) is 46.9 Å². The van der Waals surface area contributed by atoms with E-state index in [-0.39, 0.29) is 17.4 Å². The van der Waals surface area contributed by atoms with Gasteiger partial charge in [-0.3, -0.25) is 14.6 Å². The molecule has 0 bridgehead atoms. The number of carbonyl (C=O) groups excluding carboxylic acids is 2. The highest BCUT2D eigenvalue weighted by molar-refractivity contribution is 5.95. The van der Waals surface area contributed by atoms with Crippen LogP contribution in [-0.2, 0) is 11.2 Å². The van der Waals surface area contributed by atoms with E-state index in [1.165, 1.54) is 19.4 Å². The van der Waals surface area contributed by atoms with Crippen molar-refractivity contribution in [2.75, 3.05) is 20.2 Å². The highest BCUT2D eigenvalue weighted by Crippen LogP contribution is 2.23. The highest BCUT2D eigenvalue weighted by atomic mass is 16.5. The number of hydrogen-bond acceptors (Lipinski definition) is 6. The number of aromatic nitrogens is 2. The first kappa shape index (κ1) is 19.3. The summed E-state index contributed by atoms with van der Waals surface area (Å²) >= 11 is 0. The number of rotatable bonds is 4. The molecule has 3 rings (SSSR count). The lowest BCUT2D eigenvalue weighted by atomic mass is 9.99. The molecule has 2 aromatic rings. The monoisotopic (exact) mass is 380 g/mol. The van der Waals surface area contributed by atoms with E-state index in [1.807, 2.05) is 6.07 Å². The van der Waals surface area contributed by atoms with Gasteiger partial charge in [0, 0.05) is 31.2 Å². The summed E-state index contributed by atoms with van der Waals surface area (Å²) in [6.07, 6.45) is 4.69. The Morgan fingerprint density at radius 3 is 2.89 bits per heavy atom. The minimum Gasteiger partial charge on any atom is -0.465 e. The van der Waals surface area contributed by atoms with Gasteiger partial charge < -0.3 is 14.6 Å². The quantitative estimate of drug-likeness (QED) is 0.803. The predicted molar refractivity (Wildman–Crippen MR) is 99.8 cm³/mol. The van der Waals surface area contributed by atoms with Crippen LogP contribution >= 0.6 is 0 Å². The molecule has 1 N–H and O–H groups in total. The summed E-state index contributed by atoms with van der Waals surface area (Å²) in [4.78, 5) is 44.5. The van der Waals surface area contributed by atoms with E-state index in [0.29, 0.717) is 36.3 Å². The molecule has 8 nitrogen and oxygen atoms in total. The molecule has 0 aromatic carbocycles. The van der Waals surface area contributed by atoms with Gasteiger partial charge in [-0.05, 0) is 43.4 Å². The maximum absolute atomic E-state index is 12.8. The number of H-pyrrole nitrogens is 1. The number of methoxy groups -OCH3 is 1. The molecule has 2 aromatic heterocycles. The SMILES string of the molecule is COC(=O)c1cncc(CC2CCN(C(=O)c3cc(C#N)c(=O)[nH]c3C)C2)c1. The number of amides is 1. The third-order valence-electron chi connectivity index (χ3n) is 4.90. The molecule has 1 fully saturated rings. The topological polar surface area (TPSA) is 116 Å². The lowest BCUT2D eigenvalue weighted by Crippen LogP contribution is -2.31. The average Bonchev–Trinajstić information content (AvgIpc) is 3.15. The molecule has 1 saturated heterocycles. The van der Waals surface area contributed by atoms with Gasteiger partial charge in [-0.25, -0.2) is 4.79 Å². The number of likely N-dealkylation sites (tertiary alicyclic amines) is 1. The van der Waals surface area contributed by atoms with E-state index in [0.717, 1.165) is 12.0 Å². The maximum atomic E-state index is 12.8. The lowest BCUT2D eigenvalue weighted by Gasteiger charge is -2.18. The standard InChI is InChI=1S/C20H20N4O4/c1-12-17(7-15(8-21)18(25)23-12)19(26)24-4-3-13(11-24)5-14-6-16(10-22-9-14)20(27)28-2/h6-7,9-10,13H,3-5,11H2,1-2H3,(H,23,25). The van der Waals surface area contributed by atoms with Crippen molar-refractivity contribution in [3.63, 3.8) is 0 Å². The Morgan fingerprint density at radius 1 is 1.39 bits per heavy atom. The number of esters is 1. The molecule has 3 heterocycles. The highest BCUT2D eigenvalue weighted by Gasteiger charge is 2.28. The summed E-state index contributed by atoms with van der Waals surface area (Å²) in [6.45, 7) is 2.79. The Kier molecular flexibility index (Phi) is 5.54. The predicted octanol–water partition coefficient (Wildman–Crippen LogP) is 1.44. The van der Waals surface area contributed by atoms with Crippen molar-refractivity contribution in [1.82, 2.24) is 14.9 Å². The summed E-state index contributed by atoms with van der Waals surface area (Å²) in [5.41, 5.74) is 1.54. The van der Waals surface area contributed by atoms with Crippen molar-refractivity contribution in [1.29, 1.82) is 5.26 Å². The number of nitrogens with zero attached hydrogens (tertiary/aromatic N) is 3. The molecule has 0 radical (unpaired) electrons. The number of pyridine rings is 2. The number of carbonyl (C=O) groups is 2. The maximum Gasteiger partial charge on any atom is 0.339 e. The fourth-order valence-corrected chi connectivity index (χ4v) is 3.44. The van der Waals surface area contributed by atoms with Gasteiger partial charge in [-0.15, -0.1) is 0 Å². The van der Waals surface area contributed by atoms with Crippen LogP contribution in [0.25, 0.3) is 0 Å². The van der Waals surface area contributed by atoms with Crippen LogP contribution in [0.2, 0.25) is 0 Å². The molecule has 1 atom stereocenters. The zero-order valence-electron chi connectivity index (χ0n) is 15.7. The summed E-state index contributed by atoms with van der Waals surface area (Å²) in [5, 5.41) is 9.03. The molecule has 0 aliphatic carbocycles. The van der Waals surface area contributed by atoms with Crippen molar-refractivity contribution in [2.45, 2.75) is 19.8 Å². The Labute approximate surface area is 161 Å². The van der Waals surface area contributed by atoms with E-state index in [1.54, 1.807) is 24.1 Å². The van der Waals surface area contributed by atoms with E-state index < -0.39 is 11.5 Å². The summed E-state index contributed by atoms with van der Waals surface area (Å²) < 4.78 is 4.72. The number of nitrogens with one attached hydrogen (secondary N) is 1. The van der Waals surface area contributed by atoms with Crippen LogP contribution in [0.15, 0.2) is 29.3 Å². The first-order valence-corrected chi connectivity index (χ1v) is 8.88. The van der Waals surface area contributed by atoms with Crippen LogP contribution < -0.4 is 5.56 Å². The minimum absolute atomic E-state index is 0.0737. The zero-order valence-corrected chi connectivity index (χ0v) is 15.7. The molecule has 1 aliphatic rings. The largest absolute Gasteiger partial charge is 0.465 e. The Bertz CT molecular complexity index is 1020. The van der Waals surface area contributed by atoms with Gasteiger partial charge in [0.05, 0.1) is 18.2 Å². The number of nitriles is 1. The summed E-state index contributed by atoms with van der Waals surface area (Å²) in [6, 6.07) is 4.92. The van der Waals surface area contributed by atoms with Crippen molar-refractivity contribution >= 4 is 11.9 Å². The molecular formula is C20H20N4O4. The van der Waals surface area contributed by atoms with E-state index in [9.17, 15) is 14.4 Å². The molecule has 0 saturated carbocycles. The molecule has 144 valence electrons. The van der Waals surface area contributed by atoms with E-state index >= 15 is 0 Å². The van der Waals surface area contributed by atoms with Crippen LogP contribution in [0.4, 0.5) is 0 Å². The van der Waals surface area contributed by atoms with Gasteiger partial charge in [0.15, 0.2) is 0 Å². The number of ether oxygens (including phenoxy) is 1. The lowest BCUT2D eigenvalue weighted by molar-refractivity contribution is 0.0600. The third kappa shape index (κ3) is 3.93. The van der Waals surface area contributed by atoms with Gasteiger partial charge in [0.25, 0.3) is 11.5 Å². The second-order valence-electron chi connectivity index (χ2n) is 6.85. The van der Waals surface area contributed by atoms with Crippen LogP contribution in [0, 0.1) is 24.2 Å². The molecule has 8 heteroatoms. The van der Waals surface area contributed by atoms with Crippen molar-refractivity contribution in [3.8, 4) is 6.07 Å². The normalized spacial score (nSPS) is 15.9. The molecule has 28 heavy (non-hydrogen) atoms. The molecular weight excluding hydrogens is 360 g/mol. The van der Waals surface area contributed by atoms with Crippen LogP contribution in [0.1, 0.15) is 44.0 Å². The van der Waals surface area contributed by atoms with Gasteiger partial charge >= 0.3 is 5.97 Å². The Morgan fingerprint density at radius 2 is 2.18 bits per heavy atom. The van der Waals surface area contributed by atoms with Crippen molar-refractivity contribution in [3.05, 3.63) is 62.8 Å². The molecule has 1 aliphatic heterocycles. The average molecular weight is 380 g/mol. The fourth-order valence-electron chi connectivity index (χ4n) is 3.44. The number of hydrogen-bond donors (Lipinski definition) is 1. The molecule has 0 spiro atoms. The number of aryl methyl sites for hydroxylation is 1. The molecule has 1 unspecified atom stereocenters. The van der Waals surface area contributed by atoms with Gasteiger partial charge in [0.1, 0.15) is 11.6 Å². The Hall–Kier alpha value is -3.47. The van der Waals surface area contributed by atoms with Crippen LogP contribution in [0.5, 0.6) is 0 Å². The van der Waals surface area contributed by atoms with Gasteiger partial charge in [-0.1, -0.05) is 0 Å². The smallest absolute Gasteiger partial charge is 0.339 e. The Balaban J connectivity index is 1.71. The number of aromatic amines is 1. The second kappa shape index (κ2) is 8.05. The van der Waals surface area contributed by atoms with Gasteiger partial charge in [-0.2, -0.15) is 5.26 Å². The molecule has 1 amide bonds. The summed E-state index contributed by atoms with van der Waals surface area (Å²) in [5.74, 6) is -0.397. The van der Waals surface area contributed by atoms with E-state index in [2.05, 4.69) is 9.97 Å². The zero-order chi connectivity index (χ0) is 20.3. The summed E-state index contributed by atoms with van der Waals surface area (Å²) in [7, 11) is 1.33. The van der Waals surface area contributed by atoms with Gasteiger partial charge in [0.2, 0.25) is 0 Å². The van der Waals surface area contributed by atoms with Crippen molar-refractivity contribution < 1.29 is 14.3 Å². The van der Waals surface area contributed by atoms with Crippen LogP contribution in [0.3, 0.4) is 0 Å². The van der Waals surface area contributed by atoms with E-state index in [4.69, 9.17) is 10.00 Å². The second-order valence-corrected chi connectivity index (χ2v) is 6.85. The minimum atomic E-state index is -0.492.